The van der Waals surface area contributed by atoms with Gasteiger partial charge in [0.05, 0.1) is 17.3 Å². The van der Waals surface area contributed by atoms with E-state index in [0.717, 1.165) is 49.3 Å². The van der Waals surface area contributed by atoms with Crippen molar-refractivity contribution in [3.63, 3.8) is 0 Å². The maximum absolute atomic E-state index is 14.5. The van der Waals surface area contributed by atoms with Gasteiger partial charge in [-0.05, 0) is 40.6 Å². The lowest BCUT2D eigenvalue weighted by Gasteiger charge is -2.12. The van der Waals surface area contributed by atoms with Crippen LogP contribution in [0, 0.1) is 17.1 Å². The number of fused-ring (bicyclic) bond motifs is 4. The van der Waals surface area contributed by atoms with Gasteiger partial charge in [0.15, 0.2) is 7.85 Å². The minimum absolute atomic E-state index is 0.278. The minimum Gasteiger partial charge on any atom is -0.455 e. The second kappa shape index (κ2) is 7.89. The van der Waals surface area contributed by atoms with E-state index in [9.17, 15) is 9.65 Å². The highest BCUT2D eigenvalue weighted by Gasteiger charge is 2.20. The Morgan fingerprint density at radius 3 is 2.34 bits per heavy atom. The summed E-state index contributed by atoms with van der Waals surface area (Å²) in [4.78, 5) is 4.58. The highest BCUT2D eigenvalue weighted by molar-refractivity contribution is 6.52. The molecule has 7 heteroatoms. The Balaban J connectivity index is 1.68. The smallest absolute Gasteiger partial charge is 0.167 e. The molecule has 0 atom stereocenters. The minimum atomic E-state index is -0.278. The largest absolute Gasteiger partial charge is 0.455 e. The molecule has 2 aromatic heterocycles. The summed E-state index contributed by atoms with van der Waals surface area (Å²) in [6.07, 6.45) is 0. The Hall–Kier alpha value is -4.30. The van der Waals surface area contributed by atoms with E-state index in [4.69, 9.17) is 4.42 Å². The topological polar surface area (TPSA) is 49.8 Å². The van der Waals surface area contributed by atoms with Gasteiger partial charge in [-0.25, -0.2) is 4.39 Å². The van der Waals surface area contributed by atoms with Crippen LogP contribution < -0.4 is 16.5 Å². The molecule has 0 amide bonds. The quantitative estimate of drug-likeness (QED) is 0.381. The summed E-state index contributed by atoms with van der Waals surface area (Å²) in [5.74, 6) is -0.278. The van der Waals surface area contributed by atoms with Crippen LogP contribution in [-0.4, -0.2) is 28.5 Å². The molecule has 0 saturated carbocycles. The Morgan fingerprint density at radius 2 is 1.54 bits per heavy atom. The highest BCUT2D eigenvalue weighted by Crippen LogP contribution is 2.40. The van der Waals surface area contributed by atoms with Gasteiger partial charge in [-0.15, -0.1) is 0 Å². The lowest BCUT2D eigenvalue weighted by atomic mass is 9.76. The number of rotatable bonds is 2. The van der Waals surface area contributed by atoms with Crippen LogP contribution >= 0.6 is 0 Å². The van der Waals surface area contributed by atoms with Crippen LogP contribution in [0.2, 0.25) is 0 Å². The van der Waals surface area contributed by atoms with E-state index in [1.165, 1.54) is 0 Å². The predicted molar refractivity (Wildman–Crippen MR) is 149 cm³/mol. The number of para-hydroxylation sites is 1. The van der Waals surface area contributed by atoms with E-state index in [2.05, 4.69) is 41.4 Å². The fourth-order valence-electron chi connectivity index (χ4n) is 4.90. The summed E-state index contributed by atoms with van der Waals surface area (Å²) in [5.41, 5.74) is 7.06. The predicted octanol–water partition coefficient (Wildman–Crippen LogP) is 2.25. The SMILES string of the molecule is Bc1nc(-c2cccc3c2oc2c(-c4ccc5ccccc5c4)cc(C#N)cc23)c(B)c(B)c1F. The third-order valence-electron chi connectivity index (χ3n) is 6.89. The van der Waals surface area contributed by atoms with Crippen molar-refractivity contribution in [3.05, 3.63) is 84.2 Å². The number of nitriles is 1. The van der Waals surface area contributed by atoms with E-state index in [-0.39, 0.29) is 5.82 Å². The van der Waals surface area contributed by atoms with Crippen LogP contribution in [0.15, 0.2) is 77.2 Å². The summed E-state index contributed by atoms with van der Waals surface area (Å²) in [7, 11) is 5.34. The van der Waals surface area contributed by atoms with Crippen molar-refractivity contribution in [2.75, 3.05) is 0 Å². The molecule has 0 N–H and O–H groups in total. The van der Waals surface area contributed by atoms with Gasteiger partial charge in [-0.3, -0.25) is 4.98 Å². The van der Waals surface area contributed by atoms with Crippen LogP contribution in [0.5, 0.6) is 0 Å². The normalized spacial score (nSPS) is 11.3. The first-order valence-electron chi connectivity index (χ1n) is 11.5. The molecule has 35 heavy (non-hydrogen) atoms. The zero-order valence-corrected chi connectivity index (χ0v) is 19.6. The van der Waals surface area contributed by atoms with Crippen LogP contribution in [0.3, 0.4) is 0 Å². The van der Waals surface area contributed by atoms with Gasteiger partial charge in [0.25, 0.3) is 0 Å². The summed E-state index contributed by atoms with van der Waals surface area (Å²) in [6, 6.07) is 26.4. The maximum atomic E-state index is 14.5. The number of pyridine rings is 1. The van der Waals surface area contributed by atoms with E-state index in [1.54, 1.807) is 15.7 Å². The number of aromatic nitrogens is 1. The average Bonchev–Trinajstić information content (AvgIpc) is 3.27. The molecule has 0 bridgehead atoms. The summed E-state index contributed by atoms with van der Waals surface area (Å²) in [6.45, 7) is 0. The first kappa shape index (κ1) is 21.3. The van der Waals surface area contributed by atoms with Crippen LogP contribution in [0.25, 0.3) is 55.1 Å². The van der Waals surface area contributed by atoms with Gasteiger partial charge in [0.1, 0.15) is 32.7 Å². The van der Waals surface area contributed by atoms with Gasteiger partial charge < -0.3 is 4.42 Å². The van der Waals surface area contributed by atoms with Crippen molar-refractivity contribution < 1.29 is 8.81 Å². The average molecular weight is 450 g/mol. The second-order valence-electron chi connectivity index (χ2n) is 8.97. The standard InChI is InChI=1S/C28H18B3FN2O/c29-22-23(30)25(34-28(31)24(22)32)19-7-3-6-18-21-11-14(13-33)10-20(27(21)35-26(18)19)17-9-8-15-4-1-2-5-16(15)12-17/h1-12H,29-31H2. The molecular formula is C28H18B3FN2O. The van der Waals surface area contributed by atoms with Crippen molar-refractivity contribution in [1.82, 2.24) is 4.98 Å². The second-order valence-corrected chi connectivity index (χ2v) is 8.97. The lowest BCUT2D eigenvalue weighted by Crippen LogP contribution is -2.38. The highest BCUT2D eigenvalue weighted by atomic mass is 19.1. The van der Waals surface area contributed by atoms with Gasteiger partial charge in [-0.2, -0.15) is 5.26 Å². The van der Waals surface area contributed by atoms with Crippen molar-refractivity contribution in [2.24, 2.45) is 0 Å². The zero-order valence-electron chi connectivity index (χ0n) is 19.6. The van der Waals surface area contributed by atoms with E-state index >= 15 is 0 Å². The fourth-order valence-corrected chi connectivity index (χ4v) is 4.90. The first-order chi connectivity index (χ1) is 17.0. The Bertz CT molecular complexity index is 1870. The van der Waals surface area contributed by atoms with Gasteiger partial charge in [0.2, 0.25) is 0 Å². The van der Waals surface area contributed by atoms with Crippen molar-refractivity contribution in [2.45, 2.75) is 0 Å². The summed E-state index contributed by atoms with van der Waals surface area (Å²) >= 11 is 0. The van der Waals surface area contributed by atoms with E-state index in [0.29, 0.717) is 27.9 Å². The van der Waals surface area contributed by atoms with Crippen LogP contribution in [-0.2, 0) is 0 Å². The Labute approximate surface area is 204 Å². The van der Waals surface area contributed by atoms with Crippen molar-refractivity contribution >= 4 is 72.8 Å². The Morgan fingerprint density at radius 1 is 0.771 bits per heavy atom. The summed E-state index contributed by atoms with van der Waals surface area (Å²) in [5, 5.41) is 13.8. The van der Waals surface area contributed by atoms with Crippen molar-refractivity contribution in [3.8, 4) is 28.5 Å². The van der Waals surface area contributed by atoms with E-state index in [1.807, 2.05) is 50.3 Å². The number of hydrogen-bond donors (Lipinski definition) is 0. The number of halogens is 1. The molecule has 0 saturated heterocycles. The monoisotopic (exact) mass is 450 g/mol. The number of hydrogen-bond acceptors (Lipinski definition) is 3. The molecule has 6 rings (SSSR count). The fraction of sp³-hybridized carbons (Fsp3) is 0. The van der Waals surface area contributed by atoms with Gasteiger partial charge in [0, 0.05) is 27.5 Å². The van der Waals surface area contributed by atoms with E-state index < -0.39 is 0 Å². The molecule has 0 spiro atoms. The molecule has 6 aromatic rings. The van der Waals surface area contributed by atoms with Crippen LogP contribution in [0.1, 0.15) is 5.56 Å². The molecule has 0 aliphatic rings. The van der Waals surface area contributed by atoms with Gasteiger partial charge in [-0.1, -0.05) is 59.5 Å². The Kier molecular flexibility index (Phi) is 4.79. The molecule has 2 heterocycles. The number of nitrogens with zero attached hydrogens (tertiary/aromatic N) is 2. The maximum Gasteiger partial charge on any atom is 0.167 e. The molecule has 0 unspecified atom stereocenters. The van der Waals surface area contributed by atoms with Crippen LogP contribution in [0.4, 0.5) is 4.39 Å². The summed E-state index contributed by atoms with van der Waals surface area (Å²) < 4.78 is 21.0. The molecule has 4 aromatic carbocycles. The zero-order chi connectivity index (χ0) is 24.3. The number of benzene rings is 4. The third kappa shape index (κ3) is 3.25. The molecule has 0 aliphatic heterocycles. The van der Waals surface area contributed by atoms with Gasteiger partial charge >= 0.3 is 0 Å². The molecule has 0 fully saturated rings. The first-order valence-corrected chi connectivity index (χ1v) is 11.5. The number of furan rings is 1. The molecule has 0 radical (unpaired) electrons. The molecule has 3 nitrogen and oxygen atoms in total. The van der Waals surface area contributed by atoms with Crippen molar-refractivity contribution in [1.29, 1.82) is 5.26 Å². The molecule has 162 valence electrons. The molecule has 0 aliphatic carbocycles. The lowest BCUT2D eigenvalue weighted by molar-refractivity contribution is 0.641. The molecular weight excluding hydrogens is 432 g/mol. The third-order valence-corrected chi connectivity index (χ3v) is 6.89.